The summed E-state index contributed by atoms with van der Waals surface area (Å²) in [6.45, 7) is 0. The molecule has 4 aromatic heterocycles. The van der Waals surface area contributed by atoms with E-state index in [0.717, 1.165) is 12.8 Å². The normalized spacial score (nSPS) is 13.4. The number of hydrogen-bond donors (Lipinski definition) is 0. The Morgan fingerprint density at radius 2 is 0.846 bits per heavy atom. The summed E-state index contributed by atoms with van der Waals surface area (Å²) >= 11 is 0. The standard InChI is InChI=1S/C50H30N2/c1-3-13-29(14-4-1)47-39-25-37-35-21-11-19-33-32-18-8-10-24-44(32)52(49(33)35)46(37)28-42(39)48(30-15-5-2-6-16-30)40-26-38-36-22-12-20-34-31-17-7-9-23-43(31)51(50(34)36)45(38)27-41(40)47/h1-11,13-19,21-28H,12,20H2. The number of rotatable bonds is 2. The lowest BCUT2D eigenvalue weighted by molar-refractivity contribution is 1.05. The molecule has 0 spiro atoms. The molecule has 4 heterocycles. The van der Waals surface area contributed by atoms with E-state index in [-0.39, 0.29) is 0 Å². The van der Waals surface area contributed by atoms with Gasteiger partial charge >= 0.3 is 0 Å². The van der Waals surface area contributed by atoms with Gasteiger partial charge in [0.2, 0.25) is 0 Å². The van der Waals surface area contributed by atoms with Crippen molar-refractivity contribution in [1.82, 2.24) is 8.80 Å². The predicted octanol–water partition coefficient (Wildman–Crippen LogP) is 12.5. The molecule has 0 fully saturated rings. The van der Waals surface area contributed by atoms with Gasteiger partial charge in [-0.05, 0) is 98.6 Å². The van der Waals surface area contributed by atoms with Gasteiger partial charge in [-0.3, -0.25) is 0 Å². The molecule has 0 unspecified atom stereocenters. The summed E-state index contributed by atoms with van der Waals surface area (Å²) in [6.07, 6.45) is 4.64. The van der Waals surface area contributed by atoms with Crippen molar-refractivity contribution in [2.24, 2.45) is 0 Å². The van der Waals surface area contributed by atoms with Crippen molar-refractivity contribution >= 4 is 93.0 Å². The summed E-state index contributed by atoms with van der Waals surface area (Å²) < 4.78 is 5.08. The number of nitrogens with zero attached hydrogens (tertiary/aromatic N) is 2. The molecule has 0 atom stereocenters. The highest BCUT2D eigenvalue weighted by Crippen LogP contribution is 2.49. The largest absolute Gasteiger partial charge is 0.308 e. The monoisotopic (exact) mass is 658 g/mol. The highest BCUT2D eigenvalue weighted by Gasteiger charge is 2.25. The molecule has 0 bridgehead atoms. The maximum atomic E-state index is 2.56. The van der Waals surface area contributed by atoms with Gasteiger partial charge in [-0.2, -0.15) is 0 Å². The molecule has 12 aromatic rings. The summed E-state index contributed by atoms with van der Waals surface area (Å²) in [4.78, 5) is 0. The molecule has 0 saturated heterocycles. The molecule has 0 aliphatic heterocycles. The van der Waals surface area contributed by atoms with Gasteiger partial charge in [0.05, 0.1) is 33.1 Å². The summed E-state index contributed by atoms with van der Waals surface area (Å²) in [5.41, 5.74) is 14.4. The second-order valence-electron chi connectivity index (χ2n) is 14.7. The third-order valence-electron chi connectivity index (χ3n) is 12.2. The number of aromatic nitrogens is 2. The fourth-order valence-electron chi connectivity index (χ4n) is 10.2. The van der Waals surface area contributed by atoms with Crippen LogP contribution in [-0.2, 0) is 6.42 Å². The lowest BCUT2D eigenvalue weighted by Crippen LogP contribution is -2.05. The molecule has 8 aromatic carbocycles. The number of para-hydroxylation sites is 3. The van der Waals surface area contributed by atoms with Crippen LogP contribution in [-0.4, -0.2) is 8.80 Å². The van der Waals surface area contributed by atoms with Crippen molar-refractivity contribution in [3.63, 3.8) is 0 Å². The van der Waals surface area contributed by atoms with Crippen LogP contribution in [0.2, 0.25) is 0 Å². The van der Waals surface area contributed by atoms with E-state index < -0.39 is 0 Å². The molecule has 240 valence electrons. The molecule has 0 radical (unpaired) electrons. The van der Waals surface area contributed by atoms with E-state index in [4.69, 9.17) is 0 Å². The summed E-state index contributed by atoms with van der Waals surface area (Å²) in [5.74, 6) is 0. The number of hydrogen-bond acceptors (Lipinski definition) is 0. The van der Waals surface area contributed by atoms with Crippen LogP contribution in [0.5, 0.6) is 0 Å². The average Bonchev–Trinajstić information content (AvgIpc) is 3.93. The Bertz CT molecular complexity index is 3550. The fraction of sp³-hybridized carbons (Fsp3) is 0.0400. The quantitative estimate of drug-likeness (QED) is 0.163. The van der Waals surface area contributed by atoms with Crippen molar-refractivity contribution in [2.75, 3.05) is 0 Å². The minimum atomic E-state index is 1.07. The third kappa shape index (κ3) is 3.22. The molecule has 2 nitrogen and oxygen atoms in total. The van der Waals surface area contributed by atoms with E-state index in [1.54, 1.807) is 0 Å². The van der Waals surface area contributed by atoms with Crippen molar-refractivity contribution in [3.8, 4) is 22.3 Å². The second-order valence-corrected chi connectivity index (χ2v) is 14.7. The molecule has 0 N–H and O–H groups in total. The molecule has 52 heavy (non-hydrogen) atoms. The van der Waals surface area contributed by atoms with Gasteiger partial charge in [-0.1, -0.05) is 121 Å². The molecule has 0 amide bonds. The Labute approximate surface area is 298 Å². The van der Waals surface area contributed by atoms with Gasteiger partial charge in [0, 0.05) is 37.5 Å². The highest BCUT2D eigenvalue weighted by molar-refractivity contribution is 6.30. The van der Waals surface area contributed by atoms with E-state index in [9.17, 15) is 0 Å². The topological polar surface area (TPSA) is 8.82 Å². The number of aryl methyl sites for hydroxylation is 1. The molecule has 0 saturated carbocycles. The van der Waals surface area contributed by atoms with E-state index in [2.05, 4.69) is 167 Å². The maximum Gasteiger partial charge on any atom is 0.0620 e. The lowest BCUT2D eigenvalue weighted by Gasteiger charge is -2.19. The Balaban J connectivity index is 1.32. The molecule has 1 aliphatic rings. The first-order valence-corrected chi connectivity index (χ1v) is 18.4. The zero-order chi connectivity index (χ0) is 33.7. The first-order chi connectivity index (χ1) is 25.8. The summed E-state index contributed by atoms with van der Waals surface area (Å²) in [7, 11) is 0. The van der Waals surface area contributed by atoms with Crippen LogP contribution in [0.3, 0.4) is 0 Å². The first kappa shape index (κ1) is 27.1. The minimum absolute atomic E-state index is 1.07. The van der Waals surface area contributed by atoms with Crippen molar-refractivity contribution in [2.45, 2.75) is 12.8 Å². The van der Waals surface area contributed by atoms with Crippen LogP contribution in [0.1, 0.15) is 12.0 Å². The lowest BCUT2D eigenvalue weighted by atomic mass is 9.84. The van der Waals surface area contributed by atoms with Gasteiger partial charge in [0.1, 0.15) is 0 Å². The molecular weight excluding hydrogens is 629 g/mol. The van der Waals surface area contributed by atoms with Gasteiger partial charge in [-0.15, -0.1) is 0 Å². The van der Waals surface area contributed by atoms with Crippen LogP contribution < -0.4 is 5.22 Å². The maximum absolute atomic E-state index is 2.56. The molecule has 13 rings (SSSR count). The summed E-state index contributed by atoms with van der Waals surface area (Å²) in [6, 6.07) is 57.0. The summed E-state index contributed by atoms with van der Waals surface area (Å²) in [5, 5.41) is 14.5. The Morgan fingerprint density at radius 3 is 1.54 bits per heavy atom. The van der Waals surface area contributed by atoms with Crippen LogP contribution >= 0.6 is 0 Å². The Morgan fingerprint density at radius 1 is 0.346 bits per heavy atom. The van der Waals surface area contributed by atoms with Crippen LogP contribution in [0.4, 0.5) is 0 Å². The van der Waals surface area contributed by atoms with Gasteiger partial charge in [0.25, 0.3) is 0 Å². The Kier molecular flexibility index (Phi) is 4.99. The van der Waals surface area contributed by atoms with Gasteiger partial charge < -0.3 is 8.80 Å². The van der Waals surface area contributed by atoms with Crippen molar-refractivity contribution in [3.05, 3.63) is 162 Å². The van der Waals surface area contributed by atoms with Crippen LogP contribution in [0.15, 0.2) is 152 Å². The molecule has 2 heteroatoms. The van der Waals surface area contributed by atoms with E-state index in [1.807, 2.05) is 0 Å². The minimum Gasteiger partial charge on any atom is -0.308 e. The van der Waals surface area contributed by atoms with Crippen LogP contribution in [0.25, 0.3) is 115 Å². The zero-order valence-electron chi connectivity index (χ0n) is 28.3. The van der Waals surface area contributed by atoms with E-state index >= 15 is 0 Å². The number of benzene rings is 8. The smallest absolute Gasteiger partial charge is 0.0620 e. The number of fused-ring (bicyclic) bond motifs is 14. The molecular formula is C50H30N2. The Hall–Kier alpha value is -6.64. The predicted molar refractivity (Wildman–Crippen MR) is 221 cm³/mol. The van der Waals surface area contributed by atoms with E-state index in [0.29, 0.717) is 0 Å². The van der Waals surface area contributed by atoms with Crippen molar-refractivity contribution in [1.29, 1.82) is 0 Å². The van der Waals surface area contributed by atoms with E-state index in [1.165, 1.54) is 120 Å². The zero-order valence-corrected chi connectivity index (χ0v) is 28.3. The van der Waals surface area contributed by atoms with Crippen LogP contribution in [0, 0.1) is 0 Å². The fourth-order valence-corrected chi connectivity index (χ4v) is 10.2. The third-order valence-corrected chi connectivity index (χ3v) is 12.2. The van der Waals surface area contributed by atoms with Crippen molar-refractivity contribution < 1.29 is 0 Å². The van der Waals surface area contributed by atoms with Gasteiger partial charge in [0.15, 0.2) is 0 Å². The second kappa shape index (κ2) is 9.57. The van der Waals surface area contributed by atoms with Gasteiger partial charge in [-0.25, -0.2) is 0 Å². The molecule has 1 aliphatic carbocycles. The average molecular weight is 659 g/mol. The SMILES string of the molecule is C1=c2c3cc4c(-c5ccccc5)c5cc6c(cc5c(-c5ccccc5)c4cc3n3c2c(c2ccccc23)CC1)c1cccc2c3ccccc3n6c21. The highest BCUT2D eigenvalue weighted by atomic mass is 14.9. The first-order valence-electron chi connectivity index (χ1n) is 18.4.